The van der Waals surface area contributed by atoms with Crippen molar-refractivity contribution in [1.29, 1.82) is 0 Å². The maximum absolute atomic E-state index is 12.5. The highest BCUT2D eigenvalue weighted by Gasteiger charge is 2.24. The Labute approximate surface area is 186 Å². The molecule has 2 atom stereocenters. The molecule has 0 unspecified atom stereocenters. The molecule has 0 saturated heterocycles. The first-order valence-corrected chi connectivity index (χ1v) is 11.1. The highest BCUT2D eigenvalue weighted by Crippen LogP contribution is 2.25. The highest BCUT2D eigenvalue weighted by atomic mass is 79.9. The Morgan fingerprint density at radius 1 is 0.933 bits per heavy atom. The molecule has 0 aliphatic heterocycles. The lowest BCUT2D eigenvalue weighted by Crippen LogP contribution is -2.37. The standard InChI is InChI=1S/C25H26BrNO3/c1-19(21-10-6-3-7-11-21)27(25(29)16-26)17-24(28)22-12-14-23(15-13-22)30-18-20-8-4-2-5-9-20/h2-15,19,24,28H,16-18H2,1H3/t19-,24-/m1/s1. The Hall–Kier alpha value is -2.63. The molecule has 0 aliphatic rings. The van der Waals surface area contributed by atoms with Gasteiger partial charge in [0.05, 0.1) is 24.0 Å². The fraction of sp³-hybridized carbons (Fsp3) is 0.240. The molecule has 5 heteroatoms. The number of aliphatic hydroxyl groups excluding tert-OH is 1. The fourth-order valence-corrected chi connectivity index (χ4v) is 3.61. The van der Waals surface area contributed by atoms with Crippen molar-refractivity contribution in [3.05, 3.63) is 102 Å². The van der Waals surface area contributed by atoms with Crippen molar-refractivity contribution in [2.24, 2.45) is 0 Å². The molecule has 0 fully saturated rings. The van der Waals surface area contributed by atoms with E-state index in [-0.39, 0.29) is 23.8 Å². The van der Waals surface area contributed by atoms with E-state index in [0.717, 1.165) is 22.4 Å². The number of carbonyl (C=O) groups excluding carboxylic acids is 1. The Kier molecular flexibility index (Phi) is 8.05. The lowest BCUT2D eigenvalue weighted by Gasteiger charge is -2.31. The van der Waals surface area contributed by atoms with E-state index in [1.165, 1.54) is 0 Å². The molecule has 30 heavy (non-hydrogen) atoms. The quantitative estimate of drug-likeness (QED) is 0.435. The zero-order valence-electron chi connectivity index (χ0n) is 16.9. The van der Waals surface area contributed by atoms with Gasteiger partial charge in [0, 0.05) is 0 Å². The van der Waals surface area contributed by atoms with Crippen LogP contribution in [0.5, 0.6) is 5.75 Å². The van der Waals surface area contributed by atoms with Gasteiger partial charge in [-0.1, -0.05) is 88.7 Å². The second-order valence-electron chi connectivity index (χ2n) is 7.13. The average Bonchev–Trinajstić information content (AvgIpc) is 2.81. The number of nitrogens with zero attached hydrogens (tertiary/aromatic N) is 1. The summed E-state index contributed by atoms with van der Waals surface area (Å²) in [6.07, 6.45) is -0.790. The van der Waals surface area contributed by atoms with Crippen LogP contribution in [0.2, 0.25) is 0 Å². The molecule has 1 amide bonds. The molecule has 3 aromatic rings. The summed E-state index contributed by atoms with van der Waals surface area (Å²) in [7, 11) is 0. The van der Waals surface area contributed by atoms with Crippen LogP contribution < -0.4 is 4.74 Å². The van der Waals surface area contributed by atoms with Crippen LogP contribution in [-0.4, -0.2) is 27.8 Å². The normalized spacial score (nSPS) is 12.8. The third-order valence-electron chi connectivity index (χ3n) is 5.07. The van der Waals surface area contributed by atoms with Crippen LogP contribution in [0.4, 0.5) is 0 Å². The molecule has 0 spiro atoms. The van der Waals surface area contributed by atoms with Crippen molar-refractivity contribution in [2.45, 2.75) is 25.7 Å². The van der Waals surface area contributed by atoms with E-state index in [1.807, 2.05) is 91.9 Å². The largest absolute Gasteiger partial charge is 0.489 e. The van der Waals surface area contributed by atoms with E-state index in [2.05, 4.69) is 15.9 Å². The Morgan fingerprint density at radius 2 is 1.53 bits per heavy atom. The van der Waals surface area contributed by atoms with Crippen LogP contribution in [0.15, 0.2) is 84.9 Å². The van der Waals surface area contributed by atoms with Gasteiger partial charge in [0.2, 0.25) is 5.91 Å². The van der Waals surface area contributed by atoms with Crippen LogP contribution in [-0.2, 0) is 11.4 Å². The number of hydrogen-bond acceptors (Lipinski definition) is 3. The van der Waals surface area contributed by atoms with Gasteiger partial charge in [0.15, 0.2) is 0 Å². The lowest BCUT2D eigenvalue weighted by molar-refractivity contribution is -0.132. The van der Waals surface area contributed by atoms with Gasteiger partial charge in [-0.3, -0.25) is 4.79 Å². The summed E-state index contributed by atoms with van der Waals surface area (Å²) in [5, 5.41) is 11.0. The summed E-state index contributed by atoms with van der Waals surface area (Å²) in [6.45, 7) is 2.68. The van der Waals surface area contributed by atoms with E-state index in [4.69, 9.17) is 4.74 Å². The molecule has 0 radical (unpaired) electrons. The van der Waals surface area contributed by atoms with Crippen LogP contribution >= 0.6 is 15.9 Å². The van der Waals surface area contributed by atoms with Gasteiger partial charge >= 0.3 is 0 Å². The molecule has 1 N–H and O–H groups in total. The van der Waals surface area contributed by atoms with Gasteiger partial charge < -0.3 is 14.7 Å². The zero-order valence-corrected chi connectivity index (χ0v) is 18.5. The van der Waals surface area contributed by atoms with Crippen molar-refractivity contribution in [3.8, 4) is 5.75 Å². The van der Waals surface area contributed by atoms with Gasteiger partial charge in [-0.15, -0.1) is 0 Å². The van der Waals surface area contributed by atoms with E-state index < -0.39 is 6.10 Å². The number of rotatable bonds is 9. The van der Waals surface area contributed by atoms with E-state index in [0.29, 0.717) is 6.61 Å². The highest BCUT2D eigenvalue weighted by molar-refractivity contribution is 9.09. The first-order valence-electron chi connectivity index (χ1n) is 9.93. The summed E-state index contributed by atoms with van der Waals surface area (Å²) in [5.74, 6) is 0.675. The van der Waals surface area contributed by atoms with Crippen molar-refractivity contribution < 1.29 is 14.6 Å². The molecule has 0 saturated carbocycles. The van der Waals surface area contributed by atoms with Gasteiger partial charge in [0.1, 0.15) is 12.4 Å². The minimum Gasteiger partial charge on any atom is -0.489 e. The number of benzene rings is 3. The molecule has 0 aliphatic carbocycles. The summed E-state index contributed by atoms with van der Waals surface area (Å²) in [6, 6.07) is 27.0. The van der Waals surface area contributed by atoms with Gasteiger partial charge in [-0.25, -0.2) is 0 Å². The van der Waals surface area contributed by atoms with E-state index in [9.17, 15) is 9.90 Å². The van der Waals surface area contributed by atoms with Crippen molar-refractivity contribution >= 4 is 21.8 Å². The van der Waals surface area contributed by atoms with E-state index >= 15 is 0 Å². The third-order valence-corrected chi connectivity index (χ3v) is 5.55. The van der Waals surface area contributed by atoms with Gasteiger partial charge in [0.25, 0.3) is 0 Å². The summed E-state index contributed by atoms with van der Waals surface area (Å²) >= 11 is 3.26. The second kappa shape index (κ2) is 11.0. The molecule has 3 rings (SSSR count). The molecule has 0 heterocycles. The number of carbonyl (C=O) groups is 1. The average molecular weight is 468 g/mol. The first-order chi connectivity index (χ1) is 14.6. The number of hydrogen-bond donors (Lipinski definition) is 1. The van der Waals surface area contributed by atoms with E-state index in [1.54, 1.807) is 4.90 Å². The zero-order chi connectivity index (χ0) is 21.3. The van der Waals surface area contributed by atoms with Crippen LogP contribution in [0.3, 0.4) is 0 Å². The SMILES string of the molecule is C[C@H](c1ccccc1)N(C[C@@H](O)c1ccc(OCc2ccccc2)cc1)C(=O)CBr. The van der Waals surface area contributed by atoms with Gasteiger partial charge in [-0.05, 0) is 35.7 Å². The maximum Gasteiger partial charge on any atom is 0.233 e. The number of ether oxygens (including phenoxy) is 1. The van der Waals surface area contributed by atoms with Crippen LogP contribution in [0.25, 0.3) is 0 Å². The Morgan fingerprint density at radius 3 is 2.13 bits per heavy atom. The molecule has 156 valence electrons. The molecule has 3 aromatic carbocycles. The smallest absolute Gasteiger partial charge is 0.233 e. The summed E-state index contributed by atoms with van der Waals surface area (Å²) in [5.41, 5.74) is 2.87. The molecule has 4 nitrogen and oxygen atoms in total. The predicted molar refractivity (Wildman–Crippen MR) is 123 cm³/mol. The molecular formula is C25H26BrNO3. The van der Waals surface area contributed by atoms with Gasteiger partial charge in [-0.2, -0.15) is 0 Å². The van der Waals surface area contributed by atoms with Crippen LogP contribution in [0.1, 0.15) is 35.8 Å². The van der Waals surface area contributed by atoms with Crippen molar-refractivity contribution in [2.75, 3.05) is 11.9 Å². The number of amides is 1. The third kappa shape index (κ3) is 5.94. The van der Waals surface area contributed by atoms with Crippen molar-refractivity contribution in [1.82, 2.24) is 4.90 Å². The lowest BCUT2D eigenvalue weighted by atomic mass is 10.0. The predicted octanol–water partition coefficient (Wildman–Crippen LogP) is 5.28. The first kappa shape index (κ1) is 22.1. The molecule has 0 bridgehead atoms. The molecular weight excluding hydrogens is 442 g/mol. The number of aliphatic hydroxyl groups is 1. The number of halogens is 1. The van der Waals surface area contributed by atoms with Crippen LogP contribution in [0, 0.1) is 0 Å². The summed E-state index contributed by atoms with van der Waals surface area (Å²) in [4.78, 5) is 14.2. The monoisotopic (exact) mass is 467 g/mol. The summed E-state index contributed by atoms with van der Waals surface area (Å²) < 4.78 is 5.81. The Bertz CT molecular complexity index is 916. The number of alkyl halides is 1. The second-order valence-corrected chi connectivity index (χ2v) is 7.69. The molecule has 0 aromatic heterocycles. The minimum absolute atomic E-state index is 0.0618. The topological polar surface area (TPSA) is 49.8 Å². The fourth-order valence-electron chi connectivity index (χ4n) is 3.28. The maximum atomic E-state index is 12.5. The minimum atomic E-state index is -0.790. The van der Waals surface area contributed by atoms with Crippen molar-refractivity contribution in [3.63, 3.8) is 0 Å². The Balaban J connectivity index is 1.65.